The van der Waals surface area contributed by atoms with Crippen LogP contribution in [0.3, 0.4) is 0 Å². The van der Waals surface area contributed by atoms with Crippen LogP contribution in [0.5, 0.6) is 0 Å². The lowest BCUT2D eigenvalue weighted by molar-refractivity contribution is -0.136. The molecule has 0 radical (unpaired) electrons. The van der Waals surface area contributed by atoms with Crippen LogP contribution in [-0.2, 0) is 4.79 Å². The van der Waals surface area contributed by atoms with Crippen LogP contribution < -0.4 is 9.80 Å². The molecular formula is C12H20N4O2. The zero-order valence-electron chi connectivity index (χ0n) is 11.3. The topological polar surface area (TPSA) is 69.6 Å². The van der Waals surface area contributed by atoms with Crippen LogP contribution in [0.25, 0.3) is 0 Å². The molecule has 1 heterocycles. The molecule has 0 atom stereocenters. The Morgan fingerprint density at radius 3 is 2.33 bits per heavy atom. The van der Waals surface area contributed by atoms with Gasteiger partial charge < -0.3 is 14.9 Å². The summed E-state index contributed by atoms with van der Waals surface area (Å²) in [6.07, 6.45) is 0.0957. The maximum absolute atomic E-state index is 10.6. The Hall–Kier alpha value is -1.85. The van der Waals surface area contributed by atoms with Crippen LogP contribution in [0.2, 0.25) is 0 Å². The van der Waals surface area contributed by atoms with Crippen LogP contribution in [-0.4, -0.2) is 48.2 Å². The van der Waals surface area contributed by atoms with E-state index in [0.29, 0.717) is 12.4 Å². The average molecular weight is 252 g/mol. The van der Waals surface area contributed by atoms with Crippen molar-refractivity contribution in [3.63, 3.8) is 0 Å². The molecule has 0 aliphatic rings. The first-order chi connectivity index (χ1) is 8.43. The Balaban J connectivity index is 2.87. The maximum atomic E-state index is 10.6. The normalized spacial score (nSPS) is 10.2. The highest BCUT2D eigenvalue weighted by molar-refractivity contribution is 5.67. The Morgan fingerprint density at radius 2 is 1.83 bits per heavy atom. The maximum Gasteiger partial charge on any atom is 0.305 e. The van der Waals surface area contributed by atoms with Gasteiger partial charge in [-0.25, -0.2) is 9.97 Å². The molecule has 1 aromatic heterocycles. The van der Waals surface area contributed by atoms with E-state index < -0.39 is 5.97 Å². The molecule has 0 bridgehead atoms. The van der Waals surface area contributed by atoms with Gasteiger partial charge in [-0.05, 0) is 13.8 Å². The summed E-state index contributed by atoms with van der Waals surface area (Å²) >= 11 is 0. The van der Waals surface area contributed by atoms with Gasteiger partial charge in [0.25, 0.3) is 0 Å². The monoisotopic (exact) mass is 252 g/mol. The summed E-state index contributed by atoms with van der Waals surface area (Å²) in [6.45, 7) is 5.17. The minimum atomic E-state index is -0.807. The molecule has 0 aliphatic heterocycles. The van der Waals surface area contributed by atoms with Gasteiger partial charge in [0.2, 0.25) is 0 Å². The first kappa shape index (κ1) is 14.2. The molecule has 0 aromatic carbocycles. The summed E-state index contributed by atoms with van der Waals surface area (Å²) in [5.74, 6) is 1.48. The number of aryl methyl sites for hydroxylation is 1. The number of carboxylic acid groups (broad SMARTS) is 1. The zero-order chi connectivity index (χ0) is 13.7. The Kier molecular flexibility index (Phi) is 4.88. The predicted octanol–water partition coefficient (Wildman–Crippen LogP) is 1.15. The third-order valence-electron chi connectivity index (χ3n) is 2.73. The van der Waals surface area contributed by atoms with Crippen molar-refractivity contribution in [2.24, 2.45) is 0 Å². The summed E-state index contributed by atoms with van der Waals surface area (Å²) in [5.41, 5.74) is 0. The van der Waals surface area contributed by atoms with Crippen molar-refractivity contribution in [1.29, 1.82) is 0 Å². The number of hydrogen-bond donors (Lipinski definition) is 1. The van der Waals surface area contributed by atoms with Gasteiger partial charge in [0.05, 0.1) is 6.42 Å². The molecule has 0 spiro atoms. The number of anilines is 2. The van der Waals surface area contributed by atoms with E-state index in [1.165, 1.54) is 0 Å². The molecule has 1 aromatic rings. The van der Waals surface area contributed by atoms with Crippen molar-refractivity contribution in [2.75, 3.05) is 37.0 Å². The quantitative estimate of drug-likeness (QED) is 0.819. The van der Waals surface area contributed by atoms with E-state index in [1.54, 1.807) is 0 Å². The second kappa shape index (κ2) is 6.18. The van der Waals surface area contributed by atoms with E-state index in [0.717, 1.165) is 18.2 Å². The van der Waals surface area contributed by atoms with Crippen molar-refractivity contribution < 1.29 is 9.90 Å². The lowest BCUT2D eigenvalue weighted by Crippen LogP contribution is -2.24. The molecule has 0 saturated heterocycles. The Bertz CT molecular complexity index is 423. The molecule has 0 amide bonds. The minimum Gasteiger partial charge on any atom is -0.481 e. The van der Waals surface area contributed by atoms with Crippen LogP contribution in [0.15, 0.2) is 6.07 Å². The smallest absolute Gasteiger partial charge is 0.305 e. The zero-order valence-corrected chi connectivity index (χ0v) is 11.3. The summed E-state index contributed by atoms with van der Waals surface area (Å²) in [5, 5.41) is 8.68. The van der Waals surface area contributed by atoms with Gasteiger partial charge in [0.15, 0.2) is 0 Å². The van der Waals surface area contributed by atoms with Gasteiger partial charge in [-0.3, -0.25) is 4.79 Å². The molecular weight excluding hydrogens is 232 g/mol. The Labute approximate surface area is 107 Å². The highest BCUT2D eigenvalue weighted by Crippen LogP contribution is 2.17. The fourth-order valence-corrected chi connectivity index (χ4v) is 1.47. The molecule has 0 saturated carbocycles. The summed E-state index contributed by atoms with van der Waals surface area (Å²) in [4.78, 5) is 23.1. The number of aliphatic carboxylic acids is 1. The molecule has 18 heavy (non-hydrogen) atoms. The minimum absolute atomic E-state index is 0.0957. The number of carboxylic acids is 1. The van der Waals surface area contributed by atoms with Crippen molar-refractivity contribution >= 4 is 17.6 Å². The number of aromatic nitrogens is 2. The fraction of sp³-hybridized carbons (Fsp3) is 0.583. The van der Waals surface area contributed by atoms with E-state index in [2.05, 4.69) is 9.97 Å². The van der Waals surface area contributed by atoms with Crippen LogP contribution in [0, 0.1) is 6.92 Å². The first-order valence-electron chi connectivity index (χ1n) is 5.93. The lowest BCUT2D eigenvalue weighted by atomic mass is 10.3. The summed E-state index contributed by atoms with van der Waals surface area (Å²) in [7, 11) is 3.79. The highest BCUT2D eigenvalue weighted by atomic mass is 16.4. The van der Waals surface area contributed by atoms with E-state index in [-0.39, 0.29) is 6.42 Å². The molecule has 100 valence electrons. The SMILES string of the molecule is CCN(C)c1cc(N(C)CCC(=O)O)nc(C)n1. The van der Waals surface area contributed by atoms with Crippen molar-refractivity contribution in [3.05, 3.63) is 11.9 Å². The number of nitrogens with zero attached hydrogens (tertiary/aromatic N) is 4. The van der Waals surface area contributed by atoms with Gasteiger partial charge in [0, 0.05) is 33.3 Å². The fourth-order valence-electron chi connectivity index (χ4n) is 1.47. The average Bonchev–Trinajstić information content (AvgIpc) is 2.34. The standard InChI is InChI=1S/C12H20N4O2/c1-5-15(3)10-8-11(14-9(2)13-10)16(4)7-6-12(17)18/h8H,5-7H2,1-4H3,(H,17,18). The van der Waals surface area contributed by atoms with Crippen LogP contribution in [0.1, 0.15) is 19.2 Å². The molecule has 0 aliphatic carbocycles. The molecule has 1 N–H and O–H groups in total. The molecule has 0 unspecified atom stereocenters. The van der Waals surface area contributed by atoms with Gasteiger partial charge in [-0.1, -0.05) is 0 Å². The summed E-state index contributed by atoms with van der Waals surface area (Å²) in [6, 6.07) is 1.87. The van der Waals surface area contributed by atoms with E-state index in [9.17, 15) is 4.79 Å². The van der Waals surface area contributed by atoms with E-state index in [1.807, 2.05) is 43.8 Å². The van der Waals surface area contributed by atoms with Crippen LogP contribution >= 0.6 is 0 Å². The predicted molar refractivity (Wildman–Crippen MR) is 71.2 cm³/mol. The second-order valence-corrected chi connectivity index (χ2v) is 4.21. The number of carbonyl (C=O) groups is 1. The van der Waals surface area contributed by atoms with Gasteiger partial charge in [-0.2, -0.15) is 0 Å². The summed E-state index contributed by atoms with van der Waals surface area (Å²) < 4.78 is 0. The van der Waals surface area contributed by atoms with Gasteiger partial charge >= 0.3 is 5.97 Å². The lowest BCUT2D eigenvalue weighted by Gasteiger charge is -2.21. The number of hydrogen-bond acceptors (Lipinski definition) is 5. The third-order valence-corrected chi connectivity index (χ3v) is 2.73. The van der Waals surface area contributed by atoms with Gasteiger partial charge in [-0.15, -0.1) is 0 Å². The first-order valence-corrected chi connectivity index (χ1v) is 5.93. The number of rotatable bonds is 6. The van der Waals surface area contributed by atoms with E-state index >= 15 is 0 Å². The third kappa shape index (κ3) is 3.87. The highest BCUT2D eigenvalue weighted by Gasteiger charge is 2.09. The second-order valence-electron chi connectivity index (χ2n) is 4.21. The molecule has 1 rings (SSSR count). The molecule has 6 heteroatoms. The Morgan fingerprint density at radius 1 is 1.28 bits per heavy atom. The van der Waals surface area contributed by atoms with Crippen molar-refractivity contribution in [1.82, 2.24) is 9.97 Å². The van der Waals surface area contributed by atoms with Gasteiger partial charge in [0.1, 0.15) is 17.5 Å². The van der Waals surface area contributed by atoms with Crippen molar-refractivity contribution in [2.45, 2.75) is 20.3 Å². The molecule has 6 nitrogen and oxygen atoms in total. The van der Waals surface area contributed by atoms with Crippen molar-refractivity contribution in [3.8, 4) is 0 Å². The van der Waals surface area contributed by atoms with Crippen LogP contribution in [0.4, 0.5) is 11.6 Å². The molecule has 0 fully saturated rings. The largest absolute Gasteiger partial charge is 0.481 e. The van der Waals surface area contributed by atoms with E-state index in [4.69, 9.17) is 5.11 Å².